The summed E-state index contributed by atoms with van der Waals surface area (Å²) in [5, 5.41) is 8.32. The SMILES string of the molecule is COc1ccc(Br)c(NCc2c(Cl)c(C)nn2C)c1. The zero-order valence-corrected chi connectivity index (χ0v) is 13.3. The third-order valence-corrected chi connectivity index (χ3v) is 4.06. The fourth-order valence-electron chi connectivity index (χ4n) is 1.82. The molecule has 0 aliphatic heterocycles. The molecule has 4 nitrogen and oxygen atoms in total. The second kappa shape index (κ2) is 5.84. The van der Waals surface area contributed by atoms with E-state index in [1.54, 1.807) is 11.8 Å². The highest BCUT2D eigenvalue weighted by Crippen LogP contribution is 2.28. The maximum absolute atomic E-state index is 6.22. The van der Waals surface area contributed by atoms with Gasteiger partial charge < -0.3 is 10.1 Å². The summed E-state index contributed by atoms with van der Waals surface area (Å²) in [4.78, 5) is 0. The molecule has 0 radical (unpaired) electrons. The van der Waals surface area contributed by atoms with Crippen molar-refractivity contribution in [3.8, 4) is 5.75 Å². The Morgan fingerprint density at radius 2 is 2.21 bits per heavy atom. The molecule has 0 fully saturated rings. The van der Waals surface area contributed by atoms with Gasteiger partial charge in [0.2, 0.25) is 0 Å². The molecule has 102 valence electrons. The van der Waals surface area contributed by atoms with Crippen LogP contribution < -0.4 is 10.1 Å². The van der Waals surface area contributed by atoms with Gasteiger partial charge in [0, 0.05) is 17.6 Å². The Labute approximate surface area is 125 Å². The lowest BCUT2D eigenvalue weighted by molar-refractivity contribution is 0.415. The van der Waals surface area contributed by atoms with Gasteiger partial charge in [0.1, 0.15) is 5.75 Å². The minimum atomic E-state index is 0.599. The lowest BCUT2D eigenvalue weighted by atomic mass is 10.3. The van der Waals surface area contributed by atoms with Crippen LogP contribution in [0.1, 0.15) is 11.4 Å². The van der Waals surface area contributed by atoms with Gasteiger partial charge in [-0.1, -0.05) is 11.6 Å². The second-order valence-corrected chi connectivity index (χ2v) is 5.40. The number of methoxy groups -OCH3 is 1. The first-order valence-corrected chi connectivity index (χ1v) is 6.95. The van der Waals surface area contributed by atoms with Gasteiger partial charge >= 0.3 is 0 Å². The number of halogens is 2. The lowest BCUT2D eigenvalue weighted by Gasteiger charge is -2.11. The molecule has 0 bridgehead atoms. The fourth-order valence-corrected chi connectivity index (χ4v) is 2.43. The van der Waals surface area contributed by atoms with Crippen LogP contribution in [0.2, 0.25) is 5.02 Å². The van der Waals surface area contributed by atoms with Crippen molar-refractivity contribution in [2.75, 3.05) is 12.4 Å². The van der Waals surface area contributed by atoms with E-state index in [-0.39, 0.29) is 0 Å². The third kappa shape index (κ3) is 3.04. The standard InChI is InChI=1S/C13H15BrClN3O/c1-8-13(15)12(18(2)17-8)7-16-11-6-9(19-3)4-5-10(11)14/h4-6,16H,7H2,1-3H3. The summed E-state index contributed by atoms with van der Waals surface area (Å²) >= 11 is 9.72. The number of rotatable bonds is 4. The summed E-state index contributed by atoms with van der Waals surface area (Å²) in [6.07, 6.45) is 0. The first-order valence-electron chi connectivity index (χ1n) is 5.78. The van der Waals surface area contributed by atoms with Crippen molar-refractivity contribution in [2.45, 2.75) is 13.5 Å². The zero-order valence-electron chi connectivity index (χ0n) is 11.0. The number of aromatic nitrogens is 2. The molecule has 0 amide bonds. The van der Waals surface area contributed by atoms with E-state index in [1.807, 2.05) is 32.2 Å². The Hall–Kier alpha value is -1.20. The minimum Gasteiger partial charge on any atom is -0.497 e. The Balaban J connectivity index is 2.18. The van der Waals surface area contributed by atoms with Gasteiger partial charge in [-0.25, -0.2) is 0 Å². The number of hydrogen-bond acceptors (Lipinski definition) is 3. The van der Waals surface area contributed by atoms with Crippen molar-refractivity contribution in [1.82, 2.24) is 9.78 Å². The molecule has 0 saturated carbocycles. The quantitative estimate of drug-likeness (QED) is 0.918. The van der Waals surface area contributed by atoms with Crippen molar-refractivity contribution in [2.24, 2.45) is 7.05 Å². The van der Waals surface area contributed by atoms with Crippen LogP contribution >= 0.6 is 27.5 Å². The summed E-state index contributed by atoms with van der Waals surface area (Å²) in [5.74, 6) is 0.804. The normalized spacial score (nSPS) is 10.6. The van der Waals surface area contributed by atoms with Crippen LogP contribution in [-0.4, -0.2) is 16.9 Å². The number of anilines is 1. The highest BCUT2D eigenvalue weighted by atomic mass is 79.9. The predicted molar refractivity (Wildman–Crippen MR) is 81.0 cm³/mol. The predicted octanol–water partition coefficient (Wildman–Crippen LogP) is 3.77. The van der Waals surface area contributed by atoms with Gasteiger partial charge in [-0.2, -0.15) is 5.10 Å². The second-order valence-electron chi connectivity index (χ2n) is 4.17. The molecule has 19 heavy (non-hydrogen) atoms. The number of aryl methyl sites for hydroxylation is 2. The number of benzene rings is 1. The number of hydrogen-bond donors (Lipinski definition) is 1. The van der Waals surface area contributed by atoms with Gasteiger partial charge in [0.15, 0.2) is 0 Å². The lowest BCUT2D eigenvalue weighted by Crippen LogP contribution is -2.06. The van der Waals surface area contributed by atoms with Crippen LogP contribution in [0.15, 0.2) is 22.7 Å². The Morgan fingerprint density at radius 1 is 1.47 bits per heavy atom. The van der Waals surface area contributed by atoms with E-state index < -0.39 is 0 Å². The van der Waals surface area contributed by atoms with Crippen molar-refractivity contribution in [3.63, 3.8) is 0 Å². The summed E-state index contributed by atoms with van der Waals surface area (Å²) in [6, 6.07) is 5.77. The first kappa shape index (κ1) is 14.2. The van der Waals surface area contributed by atoms with E-state index in [2.05, 4.69) is 26.3 Å². The van der Waals surface area contributed by atoms with E-state index >= 15 is 0 Å². The average Bonchev–Trinajstić information content (AvgIpc) is 2.63. The van der Waals surface area contributed by atoms with Crippen molar-refractivity contribution in [1.29, 1.82) is 0 Å². The van der Waals surface area contributed by atoms with Crippen LogP contribution in [0.3, 0.4) is 0 Å². The number of ether oxygens (including phenoxy) is 1. The van der Waals surface area contributed by atoms with Crippen LogP contribution in [0.25, 0.3) is 0 Å². The van der Waals surface area contributed by atoms with Gasteiger partial charge in [-0.3, -0.25) is 4.68 Å². The van der Waals surface area contributed by atoms with E-state index in [0.29, 0.717) is 11.6 Å². The van der Waals surface area contributed by atoms with E-state index in [4.69, 9.17) is 16.3 Å². The Kier molecular flexibility index (Phi) is 4.37. The van der Waals surface area contributed by atoms with Crippen LogP contribution in [0.4, 0.5) is 5.69 Å². The summed E-state index contributed by atoms with van der Waals surface area (Å²) in [5.41, 5.74) is 2.74. The van der Waals surface area contributed by atoms with E-state index in [1.165, 1.54) is 0 Å². The molecule has 1 aromatic carbocycles. The van der Waals surface area contributed by atoms with Crippen molar-refractivity contribution in [3.05, 3.63) is 39.1 Å². The van der Waals surface area contributed by atoms with Crippen molar-refractivity contribution < 1.29 is 4.74 Å². The summed E-state index contributed by atoms with van der Waals surface area (Å²) in [6.45, 7) is 2.50. The molecule has 0 aliphatic carbocycles. The zero-order chi connectivity index (χ0) is 14.0. The van der Waals surface area contributed by atoms with Crippen LogP contribution in [-0.2, 0) is 13.6 Å². The smallest absolute Gasteiger partial charge is 0.121 e. The molecule has 0 aliphatic rings. The number of nitrogens with zero attached hydrogens (tertiary/aromatic N) is 2. The molecular weight excluding hydrogens is 330 g/mol. The molecule has 2 rings (SSSR count). The van der Waals surface area contributed by atoms with Crippen LogP contribution in [0.5, 0.6) is 5.75 Å². The molecular formula is C13H15BrClN3O. The molecule has 2 aromatic rings. The van der Waals surface area contributed by atoms with E-state index in [0.717, 1.165) is 27.3 Å². The van der Waals surface area contributed by atoms with Gasteiger partial charge in [0.25, 0.3) is 0 Å². The highest BCUT2D eigenvalue weighted by Gasteiger charge is 2.11. The average molecular weight is 345 g/mol. The summed E-state index contributed by atoms with van der Waals surface area (Å²) in [7, 11) is 3.53. The van der Waals surface area contributed by atoms with Gasteiger partial charge in [0.05, 0.1) is 35.8 Å². The van der Waals surface area contributed by atoms with E-state index in [9.17, 15) is 0 Å². The Bertz CT molecular complexity index is 598. The molecule has 0 spiro atoms. The molecule has 0 atom stereocenters. The highest BCUT2D eigenvalue weighted by molar-refractivity contribution is 9.10. The maximum Gasteiger partial charge on any atom is 0.121 e. The first-order chi connectivity index (χ1) is 9.02. The molecule has 6 heteroatoms. The van der Waals surface area contributed by atoms with Gasteiger partial charge in [-0.15, -0.1) is 0 Å². The molecule has 1 aromatic heterocycles. The molecule has 1 heterocycles. The monoisotopic (exact) mass is 343 g/mol. The largest absolute Gasteiger partial charge is 0.497 e. The molecule has 1 N–H and O–H groups in total. The summed E-state index contributed by atoms with van der Waals surface area (Å²) < 4.78 is 7.97. The minimum absolute atomic E-state index is 0.599. The maximum atomic E-state index is 6.22. The molecule has 0 unspecified atom stereocenters. The number of nitrogens with one attached hydrogen (secondary N) is 1. The van der Waals surface area contributed by atoms with Gasteiger partial charge in [-0.05, 0) is 35.0 Å². The van der Waals surface area contributed by atoms with Crippen LogP contribution in [0, 0.1) is 6.92 Å². The Morgan fingerprint density at radius 3 is 2.79 bits per heavy atom. The topological polar surface area (TPSA) is 39.1 Å². The fraction of sp³-hybridized carbons (Fsp3) is 0.308. The van der Waals surface area contributed by atoms with Crippen molar-refractivity contribution >= 4 is 33.2 Å². The molecule has 0 saturated heterocycles. The third-order valence-electron chi connectivity index (χ3n) is 2.88.